The maximum Gasteiger partial charge on any atom is 0.415 e. The molecule has 0 bridgehead atoms. The lowest BCUT2D eigenvalue weighted by molar-refractivity contribution is -0.182. The molecule has 5 atom stereocenters. The van der Waals surface area contributed by atoms with E-state index in [2.05, 4.69) is 19.6 Å². The molecule has 5 nitrogen and oxygen atoms in total. The molecular formula is C14H23NO4Si. The van der Waals surface area contributed by atoms with Crippen molar-refractivity contribution in [1.82, 2.24) is 4.90 Å². The number of hydrogen-bond donors (Lipinski definition) is 1. The fourth-order valence-electron chi connectivity index (χ4n) is 4.67. The molecule has 1 unspecified atom stereocenters. The van der Waals surface area contributed by atoms with Crippen LogP contribution in [0.15, 0.2) is 0 Å². The Kier molecular flexibility index (Phi) is 2.63. The predicted molar refractivity (Wildman–Crippen MR) is 76.0 cm³/mol. The molecule has 3 rings (SSSR count). The summed E-state index contributed by atoms with van der Waals surface area (Å²) in [6, 6.07) is 0.0501. The summed E-state index contributed by atoms with van der Waals surface area (Å²) in [5.41, 5.74) is -0.0572. The van der Waals surface area contributed by atoms with E-state index in [1.165, 1.54) is 0 Å². The van der Waals surface area contributed by atoms with Gasteiger partial charge in [0.1, 0.15) is 0 Å². The molecule has 3 aliphatic rings. The molecule has 20 heavy (non-hydrogen) atoms. The SMILES string of the molecule is CC1(C)OC(=O)N1[C@@H]1C[C@H](C(=O)O)[C@H]2C([Si](C)(C)C)[C@H]21. The number of rotatable bonds is 3. The van der Waals surface area contributed by atoms with Gasteiger partial charge >= 0.3 is 12.1 Å². The summed E-state index contributed by atoms with van der Waals surface area (Å²) < 4.78 is 5.19. The van der Waals surface area contributed by atoms with E-state index in [0.29, 0.717) is 17.9 Å². The first-order valence-corrected chi connectivity index (χ1v) is 10.9. The van der Waals surface area contributed by atoms with Gasteiger partial charge in [-0.2, -0.15) is 0 Å². The molecule has 0 aromatic carbocycles. The standard InChI is InChI=1S/C14H23NO4Si/c1-14(2)15(13(18)19-14)8-6-7(12(16)17)9-10(8)11(9)20(3,4)5/h7-11H,6H2,1-5H3,(H,16,17)/t7-,8+,9+,10-,11?/m0/s1. The minimum Gasteiger partial charge on any atom is -0.481 e. The van der Waals surface area contributed by atoms with Crippen molar-refractivity contribution in [2.75, 3.05) is 0 Å². The number of carbonyl (C=O) groups is 2. The second-order valence-corrected chi connectivity index (χ2v) is 13.4. The molecule has 3 fully saturated rings. The van der Waals surface area contributed by atoms with Crippen LogP contribution in [0.25, 0.3) is 0 Å². The molecule has 0 spiro atoms. The van der Waals surface area contributed by atoms with Crippen molar-refractivity contribution in [1.29, 1.82) is 0 Å². The Bertz CT molecular complexity index is 484. The molecule has 0 aromatic rings. The van der Waals surface area contributed by atoms with E-state index in [-0.39, 0.29) is 24.0 Å². The Morgan fingerprint density at radius 3 is 2.35 bits per heavy atom. The van der Waals surface area contributed by atoms with Crippen molar-refractivity contribution in [3.63, 3.8) is 0 Å². The van der Waals surface area contributed by atoms with E-state index in [1.54, 1.807) is 4.90 Å². The molecule has 0 radical (unpaired) electrons. The summed E-state index contributed by atoms with van der Waals surface area (Å²) >= 11 is 0. The van der Waals surface area contributed by atoms with Gasteiger partial charge in [-0.15, -0.1) is 0 Å². The fourth-order valence-corrected chi connectivity index (χ4v) is 7.77. The van der Waals surface area contributed by atoms with Crippen molar-refractivity contribution in [3.05, 3.63) is 0 Å². The molecule has 1 heterocycles. The van der Waals surface area contributed by atoms with Gasteiger partial charge in [-0.1, -0.05) is 19.6 Å². The smallest absolute Gasteiger partial charge is 0.415 e. The van der Waals surface area contributed by atoms with E-state index >= 15 is 0 Å². The van der Waals surface area contributed by atoms with Crippen LogP contribution in [0.4, 0.5) is 4.79 Å². The van der Waals surface area contributed by atoms with Crippen LogP contribution < -0.4 is 0 Å². The molecule has 1 saturated heterocycles. The largest absolute Gasteiger partial charge is 0.481 e. The van der Waals surface area contributed by atoms with Gasteiger partial charge in [0.2, 0.25) is 0 Å². The van der Waals surface area contributed by atoms with Crippen LogP contribution in [0, 0.1) is 17.8 Å². The summed E-state index contributed by atoms with van der Waals surface area (Å²) in [4.78, 5) is 25.1. The van der Waals surface area contributed by atoms with Crippen molar-refractivity contribution >= 4 is 20.1 Å². The van der Waals surface area contributed by atoms with Crippen molar-refractivity contribution in [2.24, 2.45) is 17.8 Å². The predicted octanol–water partition coefficient (Wildman–Crippen LogP) is 2.60. The lowest BCUT2D eigenvalue weighted by Gasteiger charge is -2.50. The highest BCUT2D eigenvalue weighted by Crippen LogP contribution is 2.70. The topological polar surface area (TPSA) is 66.8 Å². The van der Waals surface area contributed by atoms with E-state index in [1.807, 2.05) is 13.8 Å². The van der Waals surface area contributed by atoms with E-state index in [9.17, 15) is 14.7 Å². The normalized spacial score (nSPS) is 41.8. The monoisotopic (exact) mass is 297 g/mol. The maximum absolute atomic E-state index is 11.8. The Morgan fingerprint density at radius 2 is 1.95 bits per heavy atom. The van der Waals surface area contributed by atoms with E-state index < -0.39 is 19.8 Å². The number of carbonyl (C=O) groups excluding carboxylic acids is 1. The zero-order valence-corrected chi connectivity index (χ0v) is 13.7. The van der Waals surface area contributed by atoms with Crippen LogP contribution in [-0.4, -0.2) is 41.9 Å². The highest BCUT2D eigenvalue weighted by atomic mass is 28.3. The summed E-state index contributed by atoms with van der Waals surface area (Å²) in [6.45, 7) is 10.6. The number of ether oxygens (including phenoxy) is 1. The van der Waals surface area contributed by atoms with Gasteiger partial charge in [-0.3, -0.25) is 9.69 Å². The van der Waals surface area contributed by atoms with Crippen LogP contribution in [0.2, 0.25) is 25.2 Å². The Balaban J connectivity index is 1.87. The second-order valence-electron chi connectivity index (χ2n) is 7.98. The summed E-state index contributed by atoms with van der Waals surface area (Å²) in [5.74, 6) is -0.343. The molecule has 112 valence electrons. The first-order valence-electron chi connectivity index (χ1n) is 7.31. The van der Waals surface area contributed by atoms with Gasteiger partial charge in [-0.25, -0.2) is 4.79 Å². The summed E-state index contributed by atoms with van der Waals surface area (Å²) in [6.07, 6.45) is 0.301. The summed E-state index contributed by atoms with van der Waals surface area (Å²) in [5, 5.41) is 9.46. The van der Waals surface area contributed by atoms with Crippen LogP contribution in [-0.2, 0) is 9.53 Å². The third kappa shape index (κ3) is 1.73. The lowest BCUT2D eigenvalue weighted by Crippen LogP contribution is -2.66. The zero-order chi connectivity index (χ0) is 15.0. The number of cyclic esters (lactones) is 1. The van der Waals surface area contributed by atoms with Crippen LogP contribution in [0.3, 0.4) is 0 Å². The van der Waals surface area contributed by atoms with Crippen LogP contribution in [0.1, 0.15) is 20.3 Å². The number of nitrogens with zero attached hydrogens (tertiary/aromatic N) is 1. The van der Waals surface area contributed by atoms with Gasteiger partial charge in [0.15, 0.2) is 5.72 Å². The lowest BCUT2D eigenvalue weighted by atomic mass is 9.99. The number of carboxylic acids is 1. The quantitative estimate of drug-likeness (QED) is 0.813. The number of fused-ring (bicyclic) bond motifs is 1. The van der Waals surface area contributed by atoms with Gasteiger partial charge in [0.25, 0.3) is 0 Å². The van der Waals surface area contributed by atoms with E-state index in [4.69, 9.17) is 4.74 Å². The second kappa shape index (κ2) is 3.78. The van der Waals surface area contributed by atoms with Gasteiger partial charge in [0.05, 0.1) is 5.92 Å². The molecular weight excluding hydrogens is 274 g/mol. The first kappa shape index (κ1) is 13.9. The van der Waals surface area contributed by atoms with Gasteiger partial charge in [-0.05, 0) is 37.6 Å². The Labute approximate surface area is 120 Å². The third-order valence-electron chi connectivity index (χ3n) is 5.30. The number of hydrogen-bond acceptors (Lipinski definition) is 3. The highest BCUT2D eigenvalue weighted by molar-refractivity contribution is 6.78. The van der Waals surface area contributed by atoms with Crippen LogP contribution >= 0.6 is 0 Å². The van der Waals surface area contributed by atoms with E-state index in [0.717, 1.165) is 0 Å². The Hall–Kier alpha value is -1.04. The van der Waals surface area contributed by atoms with Crippen LogP contribution in [0.5, 0.6) is 0 Å². The molecule has 1 N–H and O–H groups in total. The molecule has 1 aliphatic heterocycles. The minimum atomic E-state index is -1.39. The molecule has 1 amide bonds. The third-order valence-corrected chi connectivity index (χ3v) is 8.07. The van der Waals surface area contributed by atoms with Crippen molar-refractivity contribution < 1.29 is 19.4 Å². The fraction of sp³-hybridized carbons (Fsp3) is 0.857. The first-order chi connectivity index (χ1) is 9.05. The summed E-state index contributed by atoms with van der Waals surface area (Å²) in [7, 11) is -1.39. The molecule has 6 heteroatoms. The average Bonchev–Trinajstić information content (AvgIpc) is 2.88. The van der Waals surface area contributed by atoms with Gasteiger partial charge < -0.3 is 9.84 Å². The molecule has 2 aliphatic carbocycles. The highest BCUT2D eigenvalue weighted by Gasteiger charge is 2.71. The minimum absolute atomic E-state index is 0.0501. The average molecular weight is 297 g/mol. The number of amides is 1. The van der Waals surface area contributed by atoms with Gasteiger partial charge in [0, 0.05) is 14.1 Å². The van der Waals surface area contributed by atoms with Crippen molar-refractivity contribution in [3.8, 4) is 0 Å². The zero-order valence-electron chi connectivity index (χ0n) is 12.7. The molecule has 0 aromatic heterocycles. The number of carboxylic acid groups (broad SMARTS) is 1. The maximum atomic E-state index is 11.8. The number of aliphatic carboxylic acids is 1. The van der Waals surface area contributed by atoms with Crippen molar-refractivity contribution in [2.45, 2.75) is 57.2 Å². The molecule has 2 saturated carbocycles. The Morgan fingerprint density at radius 1 is 1.35 bits per heavy atom.